The third kappa shape index (κ3) is 2.73. The van der Waals surface area contributed by atoms with Crippen molar-refractivity contribution in [2.75, 3.05) is 18.2 Å². The molecule has 0 aliphatic rings. The molecule has 19 heavy (non-hydrogen) atoms. The van der Waals surface area contributed by atoms with Gasteiger partial charge in [-0.25, -0.2) is 13.8 Å². The van der Waals surface area contributed by atoms with Crippen molar-refractivity contribution in [3.63, 3.8) is 0 Å². The van der Waals surface area contributed by atoms with Crippen molar-refractivity contribution in [2.24, 2.45) is 0 Å². The summed E-state index contributed by atoms with van der Waals surface area (Å²) in [6.07, 6.45) is 1.44. The zero-order chi connectivity index (χ0) is 14.0. The Labute approximate surface area is 109 Å². The van der Waals surface area contributed by atoms with Crippen molar-refractivity contribution in [1.29, 1.82) is 0 Å². The summed E-state index contributed by atoms with van der Waals surface area (Å²) in [4.78, 5) is 4.03. The standard InChI is InChI=1S/C13H13F2N3O/c1-7-3-8(16)6-17-13(7)18-11-4-10(15)12(19-2)5-9(11)14/h3-6H,16H2,1-2H3,(H,17,18). The fourth-order valence-electron chi connectivity index (χ4n) is 1.64. The largest absolute Gasteiger partial charge is 0.494 e. The van der Waals surface area contributed by atoms with Crippen LogP contribution in [0, 0.1) is 18.6 Å². The van der Waals surface area contributed by atoms with Crippen LogP contribution in [0.2, 0.25) is 0 Å². The second-order valence-corrected chi connectivity index (χ2v) is 4.03. The fraction of sp³-hybridized carbons (Fsp3) is 0.154. The smallest absolute Gasteiger partial charge is 0.167 e. The van der Waals surface area contributed by atoms with Gasteiger partial charge >= 0.3 is 0 Å². The van der Waals surface area contributed by atoms with Gasteiger partial charge in [-0.15, -0.1) is 0 Å². The molecule has 2 aromatic rings. The maximum atomic E-state index is 13.8. The predicted octanol–water partition coefficient (Wildman–Crippen LogP) is 3.00. The second-order valence-electron chi connectivity index (χ2n) is 4.03. The maximum absolute atomic E-state index is 13.8. The lowest BCUT2D eigenvalue weighted by atomic mass is 10.2. The number of nitrogen functional groups attached to an aromatic ring is 1. The van der Waals surface area contributed by atoms with E-state index in [1.807, 2.05) is 0 Å². The van der Waals surface area contributed by atoms with Crippen LogP contribution in [0.3, 0.4) is 0 Å². The zero-order valence-electron chi connectivity index (χ0n) is 10.5. The van der Waals surface area contributed by atoms with E-state index in [-0.39, 0.29) is 11.4 Å². The van der Waals surface area contributed by atoms with Crippen LogP contribution in [0.5, 0.6) is 5.75 Å². The minimum absolute atomic E-state index is 0.0151. The number of aromatic nitrogens is 1. The van der Waals surface area contributed by atoms with Crippen molar-refractivity contribution in [3.8, 4) is 5.75 Å². The number of methoxy groups -OCH3 is 1. The Morgan fingerprint density at radius 3 is 2.58 bits per heavy atom. The van der Waals surface area contributed by atoms with Gasteiger partial charge in [0.1, 0.15) is 5.82 Å². The van der Waals surface area contributed by atoms with Crippen LogP contribution in [0.15, 0.2) is 24.4 Å². The molecule has 0 saturated carbocycles. The Hall–Kier alpha value is -2.37. The molecule has 0 bridgehead atoms. The predicted molar refractivity (Wildman–Crippen MR) is 69.6 cm³/mol. The molecule has 3 N–H and O–H groups in total. The SMILES string of the molecule is COc1cc(F)c(Nc2ncc(N)cc2C)cc1F. The molecule has 6 heteroatoms. The van der Waals surface area contributed by atoms with E-state index in [0.29, 0.717) is 11.5 Å². The second kappa shape index (κ2) is 5.09. The molecule has 1 heterocycles. The van der Waals surface area contributed by atoms with Gasteiger partial charge in [-0.1, -0.05) is 0 Å². The van der Waals surface area contributed by atoms with E-state index in [2.05, 4.69) is 10.3 Å². The van der Waals surface area contributed by atoms with E-state index in [1.54, 1.807) is 13.0 Å². The van der Waals surface area contributed by atoms with Gasteiger partial charge in [0.05, 0.1) is 24.7 Å². The number of hydrogen-bond donors (Lipinski definition) is 2. The normalized spacial score (nSPS) is 10.3. The van der Waals surface area contributed by atoms with E-state index >= 15 is 0 Å². The highest BCUT2D eigenvalue weighted by Crippen LogP contribution is 2.27. The highest BCUT2D eigenvalue weighted by atomic mass is 19.1. The lowest BCUT2D eigenvalue weighted by Gasteiger charge is -2.11. The van der Waals surface area contributed by atoms with Crippen LogP contribution < -0.4 is 15.8 Å². The average molecular weight is 265 g/mol. The Balaban J connectivity index is 2.35. The Bertz CT molecular complexity index is 617. The molecule has 0 unspecified atom stereocenters. The lowest BCUT2D eigenvalue weighted by Crippen LogP contribution is -2.01. The molecular formula is C13H13F2N3O. The van der Waals surface area contributed by atoms with Crippen LogP contribution in [0.25, 0.3) is 0 Å². The monoisotopic (exact) mass is 265 g/mol. The molecule has 0 fully saturated rings. The summed E-state index contributed by atoms with van der Waals surface area (Å²) in [5, 5.41) is 2.72. The van der Waals surface area contributed by atoms with Crippen LogP contribution >= 0.6 is 0 Å². The topological polar surface area (TPSA) is 60.2 Å². The lowest BCUT2D eigenvalue weighted by molar-refractivity contribution is 0.383. The van der Waals surface area contributed by atoms with Crippen molar-refractivity contribution in [3.05, 3.63) is 41.6 Å². The summed E-state index contributed by atoms with van der Waals surface area (Å²) in [7, 11) is 1.27. The van der Waals surface area contributed by atoms with Crippen LogP contribution in [0.4, 0.5) is 26.0 Å². The summed E-state index contributed by atoms with van der Waals surface area (Å²) >= 11 is 0. The van der Waals surface area contributed by atoms with Gasteiger partial charge < -0.3 is 15.8 Å². The van der Waals surface area contributed by atoms with Gasteiger partial charge in [-0.05, 0) is 18.6 Å². The van der Waals surface area contributed by atoms with E-state index in [4.69, 9.17) is 10.5 Å². The number of halogens is 2. The number of benzene rings is 1. The quantitative estimate of drug-likeness (QED) is 0.895. The van der Waals surface area contributed by atoms with E-state index in [0.717, 1.165) is 17.7 Å². The summed E-state index contributed by atoms with van der Waals surface area (Å²) in [5.41, 5.74) is 6.79. The summed E-state index contributed by atoms with van der Waals surface area (Å²) < 4.78 is 32.0. The number of ether oxygens (including phenoxy) is 1. The molecule has 0 aliphatic carbocycles. The third-order valence-corrected chi connectivity index (χ3v) is 2.59. The highest BCUT2D eigenvalue weighted by molar-refractivity contribution is 5.62. The van der Waals surface area contributed by atoms with E-state index in [1.165, 1.54) is 13.3 Å². The number of anilines is 3. The molecule has 1 aromatic carbocycles. The number of hydrogen-bond acceptors (Lipinski definition) is 4. The molecule has 0 radical (unpaired) electrons. The first-order valence-corrected chi connectivity index (χ1v) is 5.53. The van der Waals surface area contributed by atoms with Gasteiger partial charge in [0.15, 0.2) is 17.4 Å². The van der Waals surface area contributed by atoms with Crippen molar-refractivity contribution >= 4 is 17.2 Å². The van der Waals surface area contributed by atoms with Gasteiger partial charge in [-0.3, -0.25) is 0 Å². The summed E-state index contributed by atoms with van der Waals surface area (Å²) in [5.74, 6) is -1.02. The zero-order valence-corrected chi connectivity index (χ0v) is 10.5. The molecule has 0 aliphatic heterocycles. The van der Waals surface area contributed by atoms with Gasteiger partial charge in [-0.2, -0.15) is 0 Å². The fourth-order valence-corrected chi connectivity index (χ4v) is 1.64. The molecule has 0 amide bonds. The first-order chi connectivity index (χ1) is 9.01. The Morgan fingerprint density at radius 1 is 1.21 bits per heavy atom. The van der Waals surface area contributed by atoms with Crippen LogP contribution in [-0.4, -0.2) is 12.1 Å². The summed E-state index contributed by atoms with van der Waals surface area (Å²) in [6.45, 7) is 1.77. The minimum atomic E-state index is -0.653. The Kier molecular flexibility index (Phi) is 3.50. The number of aryl methyl sites for hydroxylation is 1. The van der Waals surface area contributed by atoms with Crippen molar-refractivity contribution in [1.82, 2.24) is 4.98 Å². The van der Waals surface area contributed by atoms with E-state index < -0.39 is 11.6 Å². The third-order valence-electron chi connectivity index (χ3n) is 2.59. The Morgan fingerprint density at radius 2 is 1.95 bits per heavy atom. The molecule has 2 rings (SSSR count). The van der Waals surface area contributed by atoms with Crippen molar-refractivity contribution in [2.45, 2.75) is 6.92 Å². The molecular weight excluding hydrogens is 252 g/mol. The molecule has 4 nitrogen and oxygen atoms in total. The minimum Gasteiger partial charge on any atom is -0.494 e. The van der Waals surface area contributed by atoms with Gasteiger partial charge in [0.2, 0.25) is 0 Å². The van der Waals surface area contributed by atoms with Crippen LogP contribution in [0.1, 0.15) is 5.56 Å². The molecule has 1 aromatic heterocycles. The summed E-state index contributed by atoms with van der Waals surface area (Å²) in [6, 6.07) is 3.68. The highest BCUT2D eigenvalue weighted by Gasteiger charge is 2.11. The van der Waals surface area contributed by atoms with Gasteiger partial charge in [0.25, 0.3) is 0 Å². The van der Waals surface area contributed by atoms with Crippen LogP contribution in [-0.2, 0) is 0 Å². The van der Waals surface area contributed by atoms with Crippen molar-refractivity contribution < 1.29 is 13.5 Å². The van der Waals surface area contributed by atoms with E-state index in [9.17, 15) is 8.78 Å². The average Bonchev–Trinajstić information content (AvgIpc) is 2.36. The molecule has 0 spiro atoms. The first kappa shape index (κ1) is 13.1. The molecule has 0 atom stereocenters. The first-order valence-electron chi connectivity index (χ1n) is 5.53. The number of nitrogens with two attached hydrogens (primary N) is 1. The number of rotatable bonds is 3. The maximum Gasteiger partial charge on any atom is 0.167 e. The molecule has 100 valence electrons. The number of pyridine rings is 1. The number of nitrogens with zero attached hydrogens (tertiary/aromatic N) is 1. The molecule has 0 saturated heterocycles. The number of nitrogens with one attached hydrogen (secondary N) is 1. The van der Waals surface area contributed by atoms with Gasteiger partial charge in [0, 0.05) is 12.1 Å².